The summed E-state index contributed by atoms with van der Waals surface area (Å²) in [6.07, 6.45) is 1.01. The van der Waals surface area contributed by atoms with Gasteiger partial charge in [-0.05, 0) is 32.6 Å². The average Bonchev–Trinajstić information content (AvgIpc) is 2.19. The SMILES string of the molecule is CCC(=O)C(COC(C)(C)C)OCCC(C)(C)C. The monoisotopic (exact) mass is 258 g/mol. The number of Topliss-reactive ketones (excluding diaryl/α,β-unsaturated/α-hetero) is 1. The fourth-order valence-corrected chi connectivity index (χ4v) is 1.29. The molecule has 0 bridgehead atoms. The van der Waals surface area contributed by atoms with Crippen LogP contribution in [0.5, 0.6) is 0 Å². The van der Waals surface area contributed by atoms with Crippen LogP contribution >= 0.6 is 0 Å². The van der Waals surface area contributed by atoms with Crippen molar-refractivity contribution in [2.24, 2.45) is 5.41 Å². The molecule has 0 amide bonds. The highest BCUT2D eigenvalue weighted by Crippen LogP contribution is 2.19. The van der Waals surface area contributed by atoms with Gasteiger partial charge in [0, 0.05) is 13.0 Å². The van der Waals surface area contributed by atoms with Crippen LogP contribution < -0.4 is 0 Å². The molecule has 0 saturated carbocycles. The first-order chi connectivity index (χ1) is 8.05. The zero-order valence-corrected chi connectivity index (χ0v) is 13.1. The molecular weight excluding hydrogens is 228 g/mol. The molecule has 0 fully saturated rings. The zero-order valence-electron chi connectivity index (χ0n) is 13.1. The van der Waals surface area contributed by atoms with Gasteiger partial charge in [-0.1, -0.05) is 27.7 Å². The molecule has 1 unspecified atom stereocenters. The fourth-order valence-electron chi connectivity index (χ4n) is 1.29. The summed E-state index contributed by atoms with van der Waals surface area (Å²) in [6, 6.07) is 0. The van der Waals surface area contributed by atoms with Gasteiger partial charge in [-0.15, -0.1) is 0 Å². The second kappa shape index (κ2) is 7.25. The van der Waals surface area contributed by atoms with E-state index in [1.807, 2.05) is 27.7 Å². The normalized spacial score (nSPS) is 14.6. The molecule has 0 N–H and O–H groups in total. The third-order valence-corrected chi connectivity index (χ3v) is 2.55. The minimum absolute atomic E-state index is 0.119. The van der Waals surface area contributed by atoms with Crippen LogP contribution in [0.4, 0.5) is 0 Å². The molecule has 0 saturated heterocycles. The Hall–Kier alpha value is -0.410. The predicted molar refractivity (Wildman–Crippen MR) is 74.8 cm³/mol. The van der Waals surface area contributed by atoms with Gasteiger partial charge < -0.3 is 9.47 Å². The Morgan fingerprint density at radius 3 is 2.06 bits per heavy atom. The van der Waals surface area contributed by atoms with Crippen molar-refractivity contribution in [3.8, 4) is 0 Å². The Morgan fingerprint density at radius 2 is 1.67 bits per heavy atom. The molecule has 0 aromatic rings. The molecule has 0 aliphatic carbocycles. The molecule has 3 nitrogen and oxygen atoms in total. The molecule has 0 aliphatic heterocycles. The Balaban J connectivity index is 4.21. The standard InChI is InChI=1S/C15H30O3/c1-8-12(16)13(11-18-15(5,6)7)17-10-9-14(2,3)4/h13H,8-11H2,1-7H3. The number of carbonyl (C=O) groups is 1. The summed E-state index contributed by atoms with van der Waals surface area (Å²) in [5, 5.41) is 0. The maximum Gasteiger partial charge on any atom is 0.163 e. The van der Waals surface area contributed by atoms with Crippen molar-refractivity contribution < 1.29 is 14.3 Å². The van der Waals surface area contributed by atoms with Crippen LogP contribution in [0.2, 0.25) is 0 Å². The van der Waals surface area contributed by atoms with Crippen molar-refractivity contribution in [1.29, 1.82) is 0 Å². The first-order valence-corrected chi connectivity index (χ1v) is 6.83. The average molecular weight is 258 g/mol. The largest absolute Gasteiger partial charge is 0.373 e. The third kappa shape index (κ3) is 9.60. The van der Waals surface area contributed by atoms with Crippen LogP contribution in [0.15, 0.2) is 0 Å². The Morgan fingerprint density at radius 1 is 1.11 bits per heavy atom. The first kappa shape index (κ1) is 17.6. The summed E-state index contributed by atoms with van der Waals surface area (Å²) in [5.41, 5.74) is -0.00957. The van der Waals surface area contributed by atoms with E-state index in [2.05, 4.69) is 20.8 Å². The molecule has 108 valence electrons. The highest BCUT2D eigenvalue weighted by molar-refractivity contribution is 5.82. The van der Waals surface area contributed by atoms with Crippen LogP contribution in [0.1, 0.15) is 61.3 Å². The second-order valence-corrected chi connectivity index (χ2v) is 6.91. The lowest BCUT2D eigenvalue weighted by atomic mass is 9.93. The van der Waals surface area contributed by atoms with Gasteiger partial charge in [-0.3, -0.25) is 4.79 Å². The molecule has 0 spiro atoms. The predicted octanol–water partition coefficient (Wildman–Crippen LogP) is 3.60. The molecule has 0 aromatic carbocycles. The molecule has 18 heavy (non-hydrogen) atoms. The summed E-state index contributed by atoms with van der Waals surface area (Å²) in [5.74, 6) is 0.119. The van der Waals surface area contributed by atoms with Crippen LogP contribution in [0, 0.1) is 5.41 Å². The molecule has 1 atom stereocenters. The third-order valence-electron chi connectivity index (χ3n) is 2.55. The van der Waals surface area contributed by atoms with Gasteiger partial charge in [0.15, 0.2) is 5.78 Å². The summed E-state index contributed by atoms with van der Waals surface area (Å²) >= 11 is 0. The van der Waals surface area contributed by atoms with E-state index in [1.165, 1.54) is 0 Å². The Kier molecular flexibility index (Phi) is 7.08. The highest BCUT2D eigenvalue weighted by Gasteiger charge is 2.22. The van der Waals surface area contributed by atoms with Gasteiger partial charge in [-0.2, -0.15) is 0 Å². The topological polar surface area (TPSA) is 35.5 Å². The number of ketones is 1. The van der Waals surface area contributed by atoms with Crippen molar-refractivity contribution >= 4 is 5.78 Å². The van der Waals surface area contributed by atoms with Crippen molar-refractivity contribution in [2.75, 3.05) is 13.2 Å². The molecule has 0 aliphatic rings. The van der Waals surface area contributed by atoms with E-state index in [0.717, 1.165) is 6.42 Å². The molecule has 0 rings (SSSR count). The van der Waals surface area contributed by atoms with Gasteiger partial charge in [0.2, 0.25) is 0 Å². The number of hydrogen-bond acceptors (Lipinski definition) is 3. The van der Waals surface area contributed by atoms with Crippen molar-refractivity contribution in [1.82, 2.24) is 0 Å². The molecule has 0 aromatic heterocycles. The smallest absolute Gasteiger partial charge is 0.163 e. The number of hydrogen-bond donors (Lipinski definition) is 0. The van der Waals surface area contributed by atoms with Crippen LogP contribution in [-0.4, -0.2) is 30.7 Å². The first-order valence-electron chi connectivity index (χ1n) is 6.83. The van der Waals surface area contributed by atoms with Gasteiger partial charge in [0.05, 0.1) is 12.2 Å². The lowest BCUT2D eigenvalue weighted by molar-refractivity contribution is -0.139. The zero-order chi connectivity index (χ0) is 14.4. The maximum absolute atomic E-state index is 11.8. The quantitative estimate of drug-likeness (QED) is 0.700. The highest BCUT2D eigenvalue weighted by atomic mass is 16.5. The van der Waals surface area contributed by atoms with Crippen molar-refractivity contribution in [3.05, 3.63) is 0 Å². The number of rotatable bonds is 7. The molecular formula is C15H30O3. The molecule has 3 heteroatoms. The van der Waals surface area contributed by atoms with Crippen molar-refractivity contribution in [3.63, 3.8) is 0 Å². The van der Waals surface area contributed by atoms with E-state index in [0.29, 0.717) is 19.6 Å². The second-order valence-electron chi connectivity index (χ2n) is 6.91. The van der Waals surface area contributed by atoms with Gasteiger partial charge >= 0.3 is 0 Å². The molecule has 0 radical (unpaired) electrons. The van der Waals surface area contributed by atoms with E-state index in [-0.39, 0.29) is 16.8 Å². The van der Waals surface area contributed by atoms with Crippen LogP contribution in [-0.2, 0) is 14.3 Å². The van der Waals surface area contributed by atoms with E-state index in [4.69, 9.17) is 9.47 Å². The number of carbonyl (C=O) groups excluding carboxylic acids is 1. The Labute approximate surface area is 112 Å². The molecule has 0 heterocycles. The lowest BCUT2D eigenvalue weighted by Gasteiger charge is -2.25. The van der Waals surface area contributed by atoms with Crippen LogP contribution in [0.3, 0.4) is 0 Å². The number of ether oxygens (including phenoxy) is 2. The van der Waals surface area contributed by atoms with Gasteiger partial charge in [0.25, 0.3) is 0 Å². The maximum atomic E-state index is 11.8. The summed E-state index contributed by atoms with van der Waals surface area (Å²) in [6.45, 7) is 15.3. The summed E-state index contributed by atoms with van der Waals surface area (Å²) < 4.78 is 11.3. The van der Waals surface area contributed by atoms with Gasteiger partial charge in [-0.25, -0.2) is 0 Å². The van der Waals surface area contributed by atoms with Crippen LogP contribution in [0.25, 0.3) is 0 Å². The minimum atomic E-state index is -0.420. The van der Waals surface area contributed by atoms with E-state index in [9.17, 15) is 4.79 Å². The summed E-state index contributed by atoms with van der Waals surface area (Å²) in [4.78, 5) is 11.8. The van der Waals surface area contributed by atoms with Crippen molar-refractivity contribution in [2.45, 2.75) is 73.0 Å². The van der Waals surface area contributed by atoms with Gasteiger partial charge in [0.1, 0.15) is 6.10 Å². The summed E-state index contributed by atoms with van der Waals surface area (Å²) in [7, 11) is 0. The van der Waals surface area contributed by atoms with E-state index < -0.39 is 6.10 Å². The lowest BCUT2D eigenvalue weighted by Crippen LogP contribution is -2.34. The van der Waals surface area contributed by atoms with E-state index in [1.54, 1.807) is 0 Å². The fraction of sp³-hybridized carbons (Fsp3) is 0.933. The van der Waals surface area contributed by atoms with E-state index >= 15 is 0 Å². The minimum Gasteiger partial charge on any atom is -0.373 e. The Bertz CT molecular complexity index is 245.